The van der Waals surface area contributed by atoms with E-state index in [-0.39, 0.29) is 5.57 Å². The molecular formula is C11H4F5NO2. The van der Waals surface area contributed by atoms with Crippen molar-refractivity contribution in [2.24, 2.45) is 0 Å². The molecule has 0 unspecified atom stereocenters. The molecule has 1 heterocycles. The average Bonchev–Trinajstić information content (AvgIpc) is 2.68. The van der Waals surface area contributed by atoms with Gasteiger partial charge in [-0.25, -0.2) is 22.0 Å². The van der Waals surface area contributed by atoms with Gasteiger partial charge in [0.05, 0.1) is 12.0 Å². The second kappa shape index (κ2) is 4.45. The van der Waals surface area contributed by atoms with Gasteiger partial charge in [-0.2, -0.15) is 0 Å². The van der Waals surface area contributed by atoms with E-state index < -0.39 is 52.9 Å². The van der Waals surface area contributed by atoms with Crippen LogP contribution in [0.3, 0.4) is 0 Å². The van der Waals surface area contributed by atoms with Gasteiger partial charge in [-0.1, -0.05) is 0 Å². The van der Waals surface area contributed by atoms with Gasteiger partial charge >= 0.3 is 0 Å². The van der Waals surface area contributed by atoms with E-state index >= 15 is 0 Å². The number of nitrogens with one attached hydrogen (secondary N) is 1. The van der Waals surface area contributed by atoms with E-state index in [9.17, 15) is 31.5 Å². The lowest BCUT2D eigenvalue weighted by Crippen LogP contribution is -2.19. The molecule has 0 atom stereocenters. The van der Waals surface area contributed by atoms with E-state index in [1.54, 1.807) is 0 Å². The first-order valence-electron chi connectivity index (χ1n) is 4.89. The molecule has 1 saturated heterocycles. The highest BCUT2D eigenvalue weighted by molar-refractivity contribution is 6.15. The zero-order valence-corrected chi connectivity index (χ0v) is 8.99. The van der Waals surface area contributed by atoms with Crippen molar-refractivity contribution < 1.29 is 31.5 Å². The summed E-state index contributed by atoms with van der Waals surface area (Å²) in [6.45, 7) is 0. The van der Waals surface area contributed by atoms with Crippen LogP contribution in [-0.4, -0.2) is 11.8 Å². The summed E-state index contributed by atoms with van der Waals surface area (Å²) in [6, 6.07) is 0. The van der Waals surface area contributed by atoms with E-state index in [0.29, 0.717) is 6.08 Å². The Morgan fingerprint density at radius 2 is 1.32 bits per heavy atom. The fraction of sp³-hybridized carbons (Fsp3) is 0.0909. The van der Waals surface area contributed by atoms with Gasteiger partial charge in [0.15, 0.2) is 23.3 Å². The minimum absolute atomic E-state index is 0.381. The van der Waals surface area contributed by atoms with Crippen LogP contribution in [0.4, 0.5) is 22.0 Å². The van der Waals surface area contributed by atoms with Gasteiger partial charge in [0.1, 0.15) is 0 Å². The van der Waals surface area contributed by atoms with Crippen LogP contribution in [0.15, 0.2) is 5.57 Å². The van der Waals surface area contributed by atoms with Crippen LogP contribution in [0.5, 0.6) is 0 Å². The van der Waals surface area contributed by atoms with Gasteiger partial charge < -0.3 is 0 Å². The topological polar surface area (TPSA) is 46.2 Å². The molecule has 8 heteroatoms. The third kappa shape index (κ3) is 2.09. The highest BCUT2D eigenvalue weighted by atomic mass is 19.2. The van der Waals surface area contributed by atoms with Gasteiger partial charge in [0.2, 0.25) is 11.7 Å². The summed E-state index contributed by atoms with van der Waals surface area (Å²) in [5.74, 6) is -12.3. The lowest BCUT2D eigenvalue weighted by atomic mass is 10.1. The molecule has 2 amide bonds. The molecule has 1 N–H and O–H groups in total. The van der Waals surface area contributed by atoms with Crippen LogP contribution < -0.4 is 5.32 Å². The molecule has 1 fully saturated rings. The molecule has 0 spiro atoms. The summed E-state index contributed by atoms with van der Waals surface area (Å²) in [4.78, 5) is 22.0. The molecule has 0 bridgehead atoms. The summed E-state index contributed by atoms with van der Waals surface area (Å²) in [5, 5.41) is 1.81. The highest BCUT2D eigenvalue weighted by Gasteiger charge is 2.28. The first-order chi connectivity index (χ1) is 8.82. The maximum Gasteiger partial charge on any atom is 0.254 e. The van der Waals surface area contributed by atoms with Gasteiger partial charge in [-0.3, -0.25) is 14.9 Å². The van der Waals surface area contributed by atoms with Crippen molar-refractivity contribution >= 4 is 17.9 Å². The molecule has 1 aliphatic rings. The summed E-state index contributed by atoms with van der Waals surface area (Å²) in [7, 11) is 0. The molecule has 1 aromatic carbocycles. The Morgan fingerprint density at radius 1 is 0.842 bits per heavy atom. The predicted octanol–water partition coefficient (Wildman–Crippen LogP) is 1.81. The van der Waals surface area contributed by atoms with E-state index in [1.807, 2.05) is 5.32 Å². The maximum atomic E-state index is 13.3. The lowest BCUT2D eigenvalue weighted by Gasteiger charge is -2.04. The second-order valence-electron chi connectivity index (χ2n) is 3.71. The number of imide groups is 1. The Balaban J connectivity index is 2.62. The largest absolute Gasteiger partial charge is 0.292 e. The van der Waals surface area contributed by atoms with Crippen molar-refractivity contribution in [3.05, 3.63) is 40.2 Å². The lowest BCUT2D eigenvalue weighted by molar-refractivity contribution is -0.124. The van der Waals surface area contributed by atoms with Crippen LogP contribution in [0, 0.1) is 29.1 Å². The zero-order chi connectivity index (χ0) is 14.3. The summed E-state index contributed by atoms with van der Waals surface area (Å²) in [5.41, 5.74) is -1.63. The van der Waals surface area contributed by atoms with E-state index in [2.05, 4.69) is 0 Å². The summed E-state index contributed by atoms with van der Waals surface area (Å²) >= 11 is 0. The van der Waals surface area contributed by atoms with Gasteiger partial charge in [0, 0.05) is 5.57 Å². The fourth-order valence-electron chi connectivity index (χ4n) is 1.54. The minimum Gasteiger partial charge on any atom is -0.292 e. The number of hydrogen-bond acceptors (Lipinski definition) is 2. The van der Waals surface area contributed by atoms with Crippen LogP contribution >= 0.6 is 0 Å². The fourth-order valence-corrected chi connectivity index (χ4v) is 1.54. The third-order valence-electron chi connectivity index (χ3n) is 2.46. The first-order valence-corrected chi connectivity index (χ1v) is 4.89. The Labute approximate surface area is 102 Å². The Morgan fingerprint density at radius 3 is 1.74 bits per heavy atom. The number of halogens is 5. The SMILES string of the molecule is O=C1CC(=Cc2c(F)c(F)c(F)c(F)c2F)C(=O)N1. The second-order valence-corrected chi connectivity index (χ2v) is 3.71. The predicted molar refractivity (Wildman–Crippen MR) is 52.0 cm³/mol. The number of amides is 2. The molecule has 0 aromatic heterocycles. The van der Waals surface area contributed by atoms with Crippen molar-refractivity contribution in [2.75, 3.05) is 0 Å². The molecule has 1 aromatic rings. The van der Waals surface area contributed by atoms with Gasteiger partial charge in [0.25, 0.3) is 5.91 Å². The third-order valence-corrected chi connectivity index (χ3v) is 2.46. The van der Waals surface area contributed by atoms with E-state index in [0.717, 1.165) is 0 Å². The van der Waals surface area contributed by atoms with Crippen LogP contribution in [0.1, 0.15) is 12.0 Å². The standard InChI is InChI=1S/C11H4F5NO2/c12-6-4(1-3-2-5(18)17-11(3)19)7(13)9(15)10(16)8(6)14/h1H,2H2,(H,17,18,19). The van der Waals surface area contributed by atoms with E-state index in [1.165, 1.54) is 0 Å². The van der Waals surface area contributed by atoms with Crippen LogP contribution in [0.2, 0.25) is 0 Å². The number of carbonyl (C=O) groups excluding carboxylic acids is 2. The molecule has 0 saturated carbocycles. The van der Waals surface area contributed by atoms with Crippen molar-refractivity contribution in [2.45, 2.75) is 6.42 Å². The number of carbonyl (C=O) groups is 2. The van der Waals surface area contributed by atoms with Crippen LogP contribution in [0.25, 0.3) is 6.08 Å². The number of hydrogen-bond donors (Lipinski definition) is 1. The van der Waals surface area contributed by atoms with Crippen molar-refractivity contribution in [3.8, 4) is 0 Å². The molecular weight excluding hydrogens is 273 g/mol. The zero-order valence-electron chi connectivity index (χ0n) is 8.99. The molecule has 100 valence electrons. The molecule has 0 radical (unpaired) electrons. The summed E-state index contributed by atoms with van der Waals surface area (Å²) in [6.07, 6.45) is -0.0190. The molecule has 2 rings (SSSR count). The molecule has 1 aliphatic heterocycles. The van der Waals surface area contributed by atoms with E-state index in [4.69, 9.17) is 0 Å². The Bertz CT molecular complexity index is 609. The van der Waals surface area contributed by atoms with Crippen LogP contribution in [-0.2, 0) is 9.59 Å². The average molecular weight is 277 g/mol. The smallest absolute Gasteiger partial charge is 0.254 e. The molecule has 3 nitrogen and oxygen atoms in total. The van der Waals surface area contributed by atoms with Gasteiger partial charge in [-0.15, -0.1) is 0 Å². The monoisotopic (exact) mass is 277 g/mol. The van der Waals surface area contributed by atoms with Crippen molar-refractivity contribution in [1.29, 1.82) is 0 Å². The Hall–Kier alpha value is -2.25. The first kappa shape index (κ1) is 13.2. The quantitative estimate of drug-likeness (QED) is 0.280. The Kier molecular flexibility index (Phi) is 3.09. The minimum atomic E-state index is -2.29. The number of rotatable bonds is 1. The normalized spacial score (nSPS) is 17.2. The maximum absolute atomic E-state index is 13.3. The number of benzene rings is 1. The summed E-state index contributed by atoms with van der Waals surface area (Å²) < 4.78 is 65.1. The van der Waals surface area contributed by atoms with Crippen molar-refractivity contribution in [1.82, 2.24) is 5.32 Å². The highest BCUT2D eigenvalue weighted by Crippen LogP contribution is 2.26. The van der Waals surface area contributed by atoms with Crippen molar-refractivity contribution in [3.63, 3.8) is 0 Å². The molecule has 0 aliphatic carbocycles. The molecule has 19 heavy (non-hydrogen) atoms. The van der Waals surface area contributed by atoms with Gasteiger partial charge in [-0.05, 0) is 6.08 Å².